The Balaban J connectivity index is 1.70. The van der Waals surface area contributed by atoms with E-state index in [4.69, 9.17) is 16.3 Å². The summed E-state index contributed by atoms with van der Waals surface area (Å²) < 4.78 is 31.6. The summed E-state index contributed by atoms with van der Waals surface area (Å²) >= 11 is 6.20. The van der Waals surface area contributed by atoms with Gasteiger partial charge in [0.25, 0.3) is 0 Å². The summed E-state index contributed by atoms with van der Waals surface area (Å²) in [6, 6.07) is 10.4. The molecule has 1 N–H and O–H groups in total. The lowest BCUT2D eigenvalue weighted by atomic mass is 10.1. The molecule has 0 saturated carbocycles. The Morgan fingerprint density at radius 3 is 2.68 bits per heavy atom. The van der Waals surface area contributed by atoms with Gasteiger partial charge in [-0.1, -0.05) is 29.8 Å². The van der Waals surface area contributed by atoms with Crippen molar-refractivity contribution >= 4 is 22.6 Å². The van der Waals surface area contributed by atoms with E-state index < -0.39 is 11.6 Å². The summed E-state index contributed by atoms with van der Waals surface area (Å²) in [5.74, 6) is -1.88. The maximum Gasteiger partial charge on any atom is 0.323 e. The van der Waals surface area contributed by atoms with Crippen LogP contribution in [0.1, 0.15) is 0 Å². The molecule has 0 bridgehead atoms. The molecule has 0 saturated heterocycles. The average molecular weight is 359 g/mol. The lowest BCUT2D eigenvalue weighted by Gasteiger charge is -2.04. The topological polar surface area (TPSA) is 63.7 Å². The number of benzene rings is 2. The zero-order valence-corrected chi connectivity index (χ0v) is 13.3. The van der Waals surface area contributed by atoms with Crippen LogP contribution in [0.4, 0.5) is 8.78 Å². The largest absolute Gasteiger partial charge is 0.424 e. The van der Waals surface area contributed by atoms with Gasteiger partial charge in [0.05, 0.1) is 10.4 Å². The monoisotopic (exact) mass is 358 g/mol. The van der Waals surface area contributed by atoms with E-state index in [-0.39, 0.29) is 11.8 Å². The van der Waals surface area contributed by atoms with E-state index in [0.717, 1.165) is 17.7 Å². The van der Waals surface area contributed by atoms with Crippen molar-refractivity contribution in [2.24, 2.45) is 0 Å². The van der Waals surface area contributed by atoms with E-state index in [2.05, 4.69) is 20.2 Å². The first kappa shape index (κ1) is 15.5. The number of halogens is 3. The van der Waals surface area contributed by atoms with Gasteiger partial charge in [-0.05, 0) is 18.2 Å². The minimum Gasteiger partial charge on any atom is -0.424 e. The lowest BCUT2D eigenvalue weighted by molar-refractivity contribution is 0.432. The highest BCUT2D eigenvalue weighted by atomic mass is 35.5. The molecule has 4 aromatic rings. The molecule has 0 amide bonds. The summed E-state index contributed by atoms with van der Waals surface area (Å²) in [5.41, 5.74) is 1.79. The van der Waals surface area contributed by atoms with Gasteiger partial charge in [-0.25, -0.2) is 13.8 Å². The smallest absolute Gasteiger partial charge is 0.323 e. The summed E-state index contributed by atoms with van der Waals surface area (Å²) in [5, 5.41) is 8.22. The normalized spacial score (nSPS) is 11.0. The lowest BCUT2D eigenvalue weighted by Crippen LogP contribution is -1.93. The van der Waals surface area contributed by atoms with Crippen LogP contribution in [0.5, 0.6) is 11.8 Å². The average Bonchev–Trinajstić information content (AvgIpc) is 3.02. The molecule has 0 unspecified atom stereocenters. The number of hydrogen-bond acceptors (Lipinski definition) is 4. The standard InChI is InChI=1S/C17H9ClF2N4O/c18-12-4-2-1-3-10(12)15-11-8-21-17(22-16(11)24-23-15)25-9-5-6-13(19)14(20)7-9/h1-8H,(H,21,22,23,24). The Kier molecular flexibility index (Phi) is 3.77. The Morgan fingerprint density at radius 1 is 1.04 bits per heavy atom. The SMILES string of the molecule is Fc1ccc(Oc2ncc3c(-c4ccccc4Cl)n[nH]c3n2)cc1F. The van der Waals surface area contributed by atoms with Gasteiger partial charge in [-0.2, -0.15) is 10.1 Å². The van der Waals surface area contributed by atoms with Crippen LogP contribution in [0, 0.1) is 11.6 Å². The third-order valence-corrected chi connectivity index (χ3v) is 3.85. The number of aromatic amines is 1. The number of H-pyrrole nitrogens is 1. The molecule has 4 rings (SSSR count). The molecule has 0 radical (unpaired) electrons. The number of hydrogen-bond donors (Lipinski definition) is 1. The summed E-state index contributed by atoms with van der Waals surface area (Å²) in [4.78, 5) is 8.28. The van der Waals surface area contributed by atoms with Gasteiger partial charge < -0.3 is 4.74 Å². The Morgan fingerprint density at radius 2 is 1.88 bits per heavy atom. The quantitative estimate of drug-likeness (QED) is 0.574. The maximum absolute atomic E-state index is 13.2. The molecular weight excluding hydrogens is 350 g/mol. The van der Waals surface area contributed by atoms with Crippen LogP contribution in [0.25, 0.3) is 22.3 Å². The van der Waals surface area contributed by atoms with Gasteiger partial charge in [-0.15, -0.1) is 0 Å². The van der Waals surface area contributed by atoms with E-state index in [9.17, 15) is 8.78 Å². The molecule has 0 aliphatic heterocycles. The second-order valence-electron chi connectivity index (χ2n) is 5.14. The van der Waals surface area contributed by atoms with Crippen molar-refractivity contribution in [1.29, 1.82) is 0 Å². The van der Waals surface area contributed by atoms with Gasteiger partial charge in [0.15, 0.2) is 17.3 Å². The highest BCUT2D eigenvalue weighted by Crippen LogP contribution is 2.31. The number of aromatic nitrogens is 4. The summed E-state index contributed by atoms with van der Waals surface area (Å²) in [7, 11) is 0. The van der Waals surface area contributed by atoms with E-state index in [1.165, 1.54) is 12.3 Å². The molecule has 2 aromatic carbocycles. The van der Waals surface area contributed by atoms with Gasteiger partial charge in [0.2, 0.25) is 0 Å². The molecule has 0 fully saturated rings. The minimum absolute atomic E-state index is 0.0205. The molecule has 0 aliphatic carbocycles. The Labute approximate surface area is 145 Å². The third-order valence-electron chi connectivity index (χ3n) is 3.52. The van der Waals surface area contributed by atoms with Crippen LogP contribution in [0.2, 0.25) is 5.02 Å². The van der Waals surface area contributed by atoms with Crippen molar-refractivity contribution in [3.8, 4) is 23.0 Å². The fourth-order valence-corrected chi connectivity index (χ4v) is 2.57. The molecule has 0 spiro atoms. The second-order valence-corrected chi connectivity index (χ2v) is 5.55. The molecule has 124 valence electrons. The zero-order valence-electron chi connectivity index (χ0n) is 12.5. The molecule has 25 heavy (non-hydrogen) atoms. The van der Waals surface area contributed by atoms with Crippen molar-refractivity contribution in [3.05, 3.63) is 65.3 Å². The van der Waals surface area contributed by atoms with Crippen LogP contribution >= 0.6 is 11.6 Å². The van der Waals surface area contributed by atoms with Crippen LogP contribution in [-0.2, 0) is 0 Å². The number of rotatable bonds is 3. The van der Waals surface area contributed by atoms with Crippen LogP contribution in [0.15, 0.2) is 48.7 Å². The van der Waals surface area contributed by atoms with Crippen molar-refractivity contribution in [2.75, 3.05) is 0 Å². The van der Waals surface area contributed by atoms with Crippen molar-refractivity contribution < 1.29 is 13.5 Å². The van der Waals surface area contributed by atoms with Gasteiger partial charge in [-0.3, -0.25) is 5.10 Å². The van der Waals surface area contributed by atoms with E-state index >= 15 is 0 Å². The third kappa shape index (κ3) is 2.89. The summed E-state index contributed by atoms with van der Waals surface area (Å²) in [6.45, 7) is 0. The van der Waals surface area contributed by atoms with Gasteiger partial charge in [0.1, 0.15) is 11.4 Å². The zero-order chi connectivity index (χ0) is 17.4. The van der Waals surface area contributed by atoms with Crippen LogP contribution < -0.4 is 4.74 Å². The van der Waals surface area contributed by atoms with Crippen molar-refractivity contribution in [1.82, 2.24) is 20.2 Å². The van der Waals surface area contributed by atoms with Crippen molar-refractivity contribution in [2.45, 2.75) is 0 Å². The molecule has 0 aliphatic rings. The number of ether oxygens (including phenoxy) is 1. The maximum atomic E-state index is 13.2. The van der Waals surface area contributed by atoms with Crippen LogP contribution in [-0.4, -0.2) is 20.2 Å². The van der Waals surface area contributed by atoms with E-state index in [1.54, 1.807) is 6.07 Å². The first-order valence-corrected chi connectivity index (χ1v) is 7.58. The van der Waals surface area contributed by atoms with Crippen LogP contribution in [0.3, 0.4) is 0 Å². The predicted octanol–water partition coefficient (Wildman–Crippen LogP) is 4.74. The van der Waals surface area contributed by atoms with Gasteiger partial charge in [0, 0.05) is 17.8 Å². The minimum atomic E-state index is -1.01. The molecule has 8 heteroatoms. The highest BCUT2D eigenvalue weighted by molar-refractivity contribution is 6.33. The van der Waals surface area contributed by atoms with E-state index in [1.807, 2.05) is 18.2 Å². The fraction of sp³-hybridized carbons (Fsp3) is 0. The molecular formula is C17H9ClF2N4O. The Bertz CT molecular complexity index is 1080. The number of nitrogens with one attached hydrogen (secondary N) is 1. The second kappa shape index (κ2) is 6.10. The van der Waals surface area contributed by atoms with Crippen molar-refractivity contribution in [3.63, 3.8) is 0 Å². The Hall–Kier alpha value is -3.06. The number of fused-ring (bicyclic) bond motifs is 1. The molecule has 5 nitrogen and oxygen atoms in total. The first-order valence-electron chi connectivity index (χ1n) is 7.21. The summed E-state index contributed by atoms with van der Waals surface area (Å²) in [6.07, 6.45) is 1.53. The predicted molar refractivity (Wildman–Crippen MR) is 88.6 cm³/mol. The number of nitrogens with zero attached hydrogens (tertiary/aromatic N) is 3. The molecule has 2 heterocycles. The van der Waals surface area contributed by atoms with Gasteiger partial charge >= 0.3 is 6.01 Å². The van der Waals surface area contributed by atoms with E-state index in [0.29, 0.717) is 21.7 Å². The molecule has 0 atom stereocenters. The fourth-order valence-electron chi connectivity index (χ4n) is 2.35. The molecule has 2 aromatic heterocycles. The first-order chi connectivity index (χ1) is 12.1. The highest BCUT2D eigenvalue weighted by Gasteiger charge is 2.14.